The van der Waals surface area contributed by atoms with Crippen molar-refractivity contribution < 1.29 is 14.3 Å². The van der Waals surface area contributed by atoms with Crippen molar-refractivity contribution >= 4 is 22.6 Å². The molecular formula is C23H28N2O3. The number of carbonyl (C=O) groups is 1. The third-order valence-corrected chi connectivity index (χ3v) is 4.73. The van der Waals surface area contributed by atoms with Crippen LogP contribution in [0.25, 0.3) is 10.9 Å². The average molecular weight is 380 g/mol. The van der Waals surface area contributed by atoms with Gasteiger partial charge in [-0.25, -0.2) is 0 Å². The normalized spacial score (nSPS) is 11.1. The lowest BCUT2D eigenvalue weighted by Gasteiger charge is -2.15. The van der Waals surface area contributed by atoms with Crippen molar-refractivity contribution in [3.8, 4) is 11.5 Å². The highest BCUT2D eigenvalue weighted by molar-refractivity contribution is 5.85. The van der Waals surface area contributed by atoms with Gasteiger partial charge in [-0.05, 0) is 73.7 Å². The van der Waals surface area contributed by atoms with Crippen LogP contribution >= 0.6 is 0 Å². The zero-order valence-corrected chi connectivity index (χ0v) is 17.2. The molecule has 0 saturated heterocycles. The minimum Gasteiger partial charge on any atom is -0.465 e. The van der Waals surface area contributed by atoms with Crippen LogP contribution in [0.5, 0.6) is 11.5 Å². The van der Waals surface area contributed by atoms with E-state index in [1.807, 2.05) is 32.0 Å². The molecule has 28 heavy (non-hydrogen) atoms. The van der Waals surface area contributed by atoms with Crippen LogP contribution in [-0.2, 0) is 9.53 Å². The fraction of sp³-hybridized carbons (Fsp3) is 0.348. The summed E-state index contributed by atoms with van der Waals surface area (Å²) in [6.07, 6.45) is 2.07. The van der Waals surface area contributed by atoms with E-state index in [0.717, 1.165) is 33.8 Å². The predicted molar refractivity (Wildman–Crippen MR) is 114 cm³/mol. The van der Waals surface area contributed by atoms with Crippen LogP contribution in [0.3, 0.4) is 0 Å². The first-order valence-corrected chi connectivity index (χ1v) is 9.68. The lowest BCUT2D eigenvalue weighted by Crippen LogP contribution is -2.16. The Hall–Kier alpha value is -2.95. The second-order valence-electron chi connectivity index (χ2n) is 7.31. The quantitative estimate of drug-likeness (QED) is 0.518. The van der Waals surface area contributed by atoms with Gasteiger partial charge in [0.15, 0.2) is 0 Å². The standard InChI is InChI=1S/C23H28N2O3/c1-6-27-22(26)13-24-17-9-15(4)23(16(5)10-17)28-18-7-8-21-19(11-18)20(12-25-21)14(2)3/h7-12,14,24-25H,6,13H2,1-5H3. The highest BCUT2D eigenvalue weighted by Crippen LogP contribution is 2.34. The van der Waals surface area contributed by atoms with Crippen molar-refractivity contribution in [1.82, 2.24) is 4.98 Å². The summed E-state index contributed by atoms with van der Waals surface area (Å²) in [6.45, 7) is 10.7. The SMILES string of the molecule is CCOC(=O)CNc1cc(C)c(Oc2ccc3[nH]cc(C(C)C)c3c2)c(C)c1. The Morgan fingerprint density at radius 1 is 1.14 bits per heavy atom. The van der Waals surface area contributed by atoms with E-state index in [9.17, 15) is 4.79 Å². The lowest BCUT2D eigenvalue weighted by atomic mass is 10.0. The van der Waals surface area contributed by atoms with E-state index in [1.54, 1.807) is 6.92 Å². The number of H-pyrrole nitrogens is 1. The number of anilines is 1. The number of carbonyl (C=O) groups excluding carboxylic acids is 1. The molecule has 0 aliphatic carbocycles. The summed E-state index contributed by atoms with van der Waals surface area (Å²) in [5.41, 5.74) is 5.28. The van der Waals surface area contributed by atoms with Crippen molar-refractivity contribution in [2.24, 2.45) is 0 Å². The maximum Gasteiger partial charge on any atom is 0.325 e. The third-order valence-electron chi connectivity index (χ3n) is 4.73. The van der Waals surface area contributed by atoms with Crippen LogP contribution in [0.2, 0.25) is 0 Å². The maximum atomic E-state index is 11.5. The number of hydrogen-bond acceptors (Lipinski definition) is 4. The molecule has 0 aliphatic heterocycles. The van der Waals surface area contributed by atoms with E-state index < -0.39 is 0 Å². The van der Waals surface area contributed by atoms with Crippen LogP contribution in [0.1, 0.15) is 43.4 Å². The smallest absolute Gasteiger partial charge is 0.325 e. The van der Waals surface area contributed by atoms with Crippen LogP contribution in [0, 0.1) is 13.8 Å². The molecule has 1 heterocycles. The van der Waals surface area contributed by atoms with Gasteiger partial charge in [0.2, 0.25) is 0 Å². The van der Waals surface area contributed by atoms with Crippen LogP contribution < -0.4 is 10.1 Å². The van der Waals surface area contributed by atoms with Crippen molar-refractivity contribution in [3.05, 3.63) is 53.2 Å². The first-order valence-electron chi connectivity index (χ1n) is 9.68. The number of benzene rings is 2. The zero-order valence-electron chi connectivity index (χ0n) is 17.2. The molecule has 0 radical (unpaired) electrons. The van der Waals surface area contributed by atoms with E-state index >= 15 is 0 Å². The number of fused-ring (bicyclic) bond motifs is 1. The van der Waals surface area contributed by atoms with Crippen molar-refractivity contribution in [1.29, 1.82) is 0 Å². The number of nitrogens with one attached hydrogen (secondary N) is 2. The molecule has 0 aliphatic rings. The minimum atomic E-state index is -0.265. The largest absolute Gasteiger partial charge is 0.465 e. The molecule has 5 nitrogen and oxygen atoms in total. The molecule has 0 fully saturated rings. The number of hydrogen-bond donors (Lipinski definition) is 2. The van der Waals surface area contributed by atoms with Gasteiger partial charge in [-0.3, -0.25) is 4.79 Å². The number of aromatic nitrogens is 1. The molecule has 148 valence electrons. The van der Waals surface area contributed by atoms with E-state index in [-0.39, 0.29) is 12.5 Å². The first kappa shape index (κ1) is 19.8. The summed E-state index contributed by atoms with van der Waals surface area (Å²) in [5, 5.41) is 4.30. The summed E-state index contributed by atoms with van der Waals surface area (Å²) in [7, 11) is 0. The summed E-state index contributed by atoms with van der Waals surface area (Å²) in [4.78, 5) is 14.9. The van der Waals surface area contributed by atoms with Crippen LogP contribution in [0.4, 0.5) is 5.69 Å². The van der Waals surface area contributed by atoms with Gasteiger partial charge in [-0.15, -0.1) is 0 Å². The molecule has 2 aromatic carbocycles. The molecule has 2 N–H and O–H groups in total. The number of rotatable bonds is 7. The maximum absolute atomic E-state index is 11.5. The van der Waals surface area contributed by atoms with E-state index in [2.05, 4.69) is 42.5 Å². The molecule has 0 amide bonds. The van der Waals surface area contributed by atoms with Gasteiger partial charge in [-0.2, -0.15) is 0 Å². The molecule has 0 unspecified atom stereocenters. The lowest BCUT2D eigenvalue weighted by molar-refractivity contribution is -0.140. The number of esters is 1. The van der Waals surface area contributed by atoms with Crippen molar-refractivity contribution in [2.45, 2.75) is 40.5 Å². The topological polar surface area (TPSA) is 63.4 Å². The zero-order chi connectivity index (χ0) is 20.3. The first-order chi connectivity index (χ1) is 13.4. The molecular weight excluding hydrogens is 352 g/mol. The summed E-state index contributed by atoms with van der Waals surface area (Å²) < 4.78 is 11.2. The van der Waals surface area contributed by atoms with Crippen molar-refractivity contribution in [3.63, 3.8) is 0 Å². The van der Waals surface area contributed by atoms with Gasteiger partial charge in [0.1, 0.15) is 18.0 Å². The van der Waals surface area contributed by atoms with Crippen LogP contribution in [0.15, 0.2) is 36.5 Å². The second-order valence-corrected chi connectivity index (χ2v) is 7.31. The summed E-state index contributed by atoms with van der Waals surface area (Å²) in [6, 6.07) is 10.1. The van der Waals surface area contributed by atoms with E-state index in [0.29, 0.717) is 12.5 Å². The molecule has 1 aromatic heterocycles. The fourth-order valence-corrected chi connectivity index (χ4v) is 3.38. The number of aryl methyl sites for hydroxylation is 2. The Morgan fingerprint density at radius 3 is 2.50 bits per heavy atom. The third kappa shape index (κ3) is 4.30. The Kier molecular flexibility index (Phi) is 5.93. The van der Waals surface area contributed by atoms with Gasteiger partial charge >= 0.3 is 5.97 Å². The van der Waals surface area contributed by atoms with Crippen LogP contribution in [-0.4, -0.2) is 24.1 Å². The monoisotopic (exact) mass is 380 g/mol. The van der Waals surface area contributed by atoms with E-state index in [1.165, 1.54) is 10.9 Å². The Balaban J connectivity index is 1.81. The molecule has 0 spiro atoms. The predicted octanol–water partition coefficient (Wildman–Crippen LogP) is 5.68. The van der Waals surface area contributed by atoms with Gasteiger partial charge in [0, 0.05) is 22.8 Å². The minimum absolute atomic E-state index is 0.148. The molecule has 3 aromatic rings. The van der Waals surface area contributed by atoms with E-state index in [4.69, 9.17) is 9.47 Å². The number of aromatic amines is 1. The summed E-state index contributed by atoms with van der Waals surface area (Å²) >= 11 is 0. The van der Waals surface area contributed by atoms with Gasteiger partial charge in [-0.1, -0.05) is 13.8 Å². The molecule has 0 atom stereocenters. The molecule has 0 saturated carbocycles. The Bertz CT molecular complexity index is 966. The number of ether oxygens (including phenoxy) is 2. The van der Waals surface area contributed by atoms with Gasteiger partial charge < -0.3 is 19.8 Å². The highest BCUT2D eigenvalue weighted by Gasteiger charge is 2.12. The highest BCUT2D eigenvalue weighted by atomic mass is 16.5. The second kappa shape index (κ2) is 8.38. The van der Waals surface area contributed by atoms with Gasteiger partial charge in [0.05, 0.1) is 6.61 Å². The summed E-state index contributed by atoms with van der Waals surface area (Å²) in [5.74, 6) is 1.83. The Morgan fingerprint density at radius 2 is 1.86 bits per heavy atom. The fourth-order valence-electron chi connectivity index (χ4n) is 3.38. The molecule has 3 rings (SSSR count). The molecule has 0 bridgehead atoms. The van der Waals surface area contributed by atoms with Gasteiger partial charge in [0.25, 0.3) is 0 Å². The van der Waals surface area contributed by atoms with Crippen molar-refractivity contribution in [2.75, 3.05) is 18.5 Å². The average Bonchev–Trinajstić information content (AvgIpc) is 3.07. The Labute approximate surface area is 166 Å². The molecule has 5 heteroatoms.